The number of nitrogens with two attached hydrogens (primary N) is 1. The minimum atomic E-state index is -1.06. The van der Waals surface area contributed by atoms with Crippen LogP contribution in [0.2, 0.25) is 0 Å². The summed E-state index contributed by atoms with van der Waals surface area (Å²) in [5.74, 6) is -2.69. The third-order valence-electron chi connectivity index (χ3n) is 3.48. The summed E-state index contributed by atoms with van der Waals surface area (Å²) in [4.78, 5) is 34.9. The molecule has 4 N–H and O–H groups in total. The van der Waals surface area contributed by atoms with Crippen LogP contribution in [-0.4, -0.2) is 28.9 Å². The predicted molar refractivity (Wildman–Crippen MR) is 86.5 cm³/mol. The van der Waals surface area contributed by atoms with E-state index in [1.165, 1.54) is 0 Å². The lowest BCUT2D eigenvalue weighted by Gasteiger charge is -2.21. The molecule has 6 nitrogen and oxygen atoms in total. The molecule has 0 bridgehead atoms. The number of carbonyl (C=O) groups excluding carboxylic acids is 2. The normalized spacial score (nSPS) is 13.3. The van der Waals surface area contributed by atoms with Crippen LogP contribution in [-0.2, 0) is 20.8 Å². The summed E-state index contributed by atoms with van der Waals surface area (Å²) in [5, 5.41) is 11.6. The van der Waals surface area contributed by atoms with Crippen LogP contribution >= 0.6 is 0 Å². The maximum atomic E-state index is 12.4. The lowest BCUT2D eigenvalue weighted by molar-refractivity contribution is -0.141. The van der Waals surface area contributed by atoms with Crippen molar-refractivity contribution < 1.29 is 19.5 Å². The summed E-state index contributed by atoms with van der Waals surface area (Å²) >= 11 is 0. The average Bonchev–Trinajstić information content (AvgIpc) is 2.45. The Morgan fingerprint density at radius 1 is 1.17 bits per heavy atom. The molecule has 1 aromatic rings. The Labute approximate surface area is 136 Å². The molecule has 0 aromatic heterocycles. The van der Waals surface area contributed by atoms with Crippen molar-refractivity contribution in [3.05, 3.63) is 35.9 Å². The molecule has 0 unspecified atom stereocenters. The quantitative estimate of drug-likeness (QED) is 0.637. The molecule has 0 saturated carbocycles. The first-order valence-corrected chi connectivity index (χ1v) is 7.65. The second-order valence-corrected chi connectivity index (χ2v) is 6.08. The van der Waals surface area contributed by atoms with Gasteiger partial charge in [-0.15, -0.1) is 0 Å². The fourth-order valence-electron chi connectivity index (χ4n) is 2.37. The van der Waals surface area contributed by atoms with E-state index in [0.29, 0.717) is 12.8 Å². The Morgan fingerprint density at radius 2 is 1.78 bits per heavy atom. The highest BCUT2D eigenvalue weighted by atomic mass is 16.4. The average molecular weight is 320 g/mol. The number of aliphatic carboxylic acids is 1. The number of carboxylic acid groups (broad SMARTS) is 1. The van der Waals surface area contributed by atoms with E-state index >= 15 is 0 Å². The van der Waals surface area contributed by atoms with E-state index in [9.17, 15) is 14.4 Å². The minimum Gasteiger partial charge on any atom is -0.481 e. The Balaban J connectivity index is 2.82. The van der Waals surface area contributed by atoms with Crippen LogP contribution in [0.4, 0.5) is 0 Å². The van der Waals surface area contributed by atoms with Crippen molar-refractivity contribution in [2.75, 3.05) is 0 Å². The van der Waals surface area contributed by atoms with Gasteiger partial charge in [0.05, 0.1) is 12.3 Å². The smallest absolute Gasteiger partial charge is 0.304 e. The van der Waals surface area contributed by atoms with Gasteiger partial charge in [0.15, 0.2) is 0 Å². The summed E-state index contributed by atoms with van der Waals surface area (Å²) in [6.07, 6.45) is 0.423. The number of primary amides is 1. The van der Waals surface area contributed by atoms with Crippen LogP contribution in [0.25, 0.3) is 0 Å². The zero-order chi connectivity index (χ0) is 17.4. The van der Waals surface area contributed by atoms with Crippen molar-refractivity contribution >= 4 is 17.8 Å². The van der Waals surface area contributed by atoms with Gasteiger partial charge in [0.2, 0.25) is 11.8 Å². The maximum absolute atomic E-state index is 12.4. The fraction of sp³-hybridized carbons (Fsp3) is 0.471. The number of amides is 2. The van der Waals surface area contributed by atoms with Gasteiger partial charge in [0.1, 0.15) is 6.04 Å². The van der Waals surface area contributed by atoms with E-state index < -0.39 is 29.7 Å². The third-order valence-corrected chi connectivity index (χ3v) is 3.48. The first kappa shape index (κ1) is 18.7. The molecule has 0 heterocycles. The Morgan fingerprint density at radius 3 is 2.26 bits per heavy atom. The molecule has 23 heavy (non-hydrogen) atoms. The van der Waals surface area contributed by atoms with Gasteiger partial charge in [-0.2, -0.15) is 0 Å². The molecule has 1 rings (SSSR count). The van der Waals surface area contributed by atoms with Crippen molar-refractivity contribution in [2.24, 2.45) is 17.6 Å². The van der Waals surface area contributed by atoms with Crippen molar-refractivity contribution in [3.8, 4) is 0 Å². The largest absolute Gasteiger partial charge is 0.481 e. The first-order valence-electron chi connectivity index (χ1n) is 7.65. The summed E-state index contributed by atoms with van der Waals surface area (Å²) in [6.45, 7) is 3.83. The highest BCUT2D eigenvalue weighted by Gasteiger charge is 2.26. The molecule has 1 aromatic carbocycles. The van der Waals surface area contributed by atoms with E-state index in [2.05, 4.69) is 5.32 Å². The van der Waals surface area contributed by atoms with Crippen LogP contribution in [0.15, 0.2) is 30.3 Å². The number of hydrogen-bond donors (Lipinski definition) is 3. The van der Waals surface area contributed by atoms with Crippen LogP contribution in [0, 0.1) is 11.8 Å². The number of carbonyl (C=O) groups is 3. The molecule has 0 fully saturated rings. The van der Waals surface area contributed by atoms with Gasteiger partial charge in [-0.1, -0.05) is 44.2 Å². The van der Waals surface area contributed by atoms with Crippen molar-refractivity contribution in [1.29, 1.82) is 0 Å². The Bertz CT molecular complexity index is 543. The van der Waals surface area contributed by atoms with Crippen LogP contribution < -0.4 is 11.1 Å². The highest BCUT2D eigenvalue weighted by Crippen LogP contribution is 2.14. The summed E-state index contributed by atoms with van der Waals surface area (Å²) < 4.78 is 0. The van der Waals surface area contributed by atoms with Crippen LogP contribution in [0.3, 0.4) is 0 Å². The molecule has 0 spiro atoms. The molecule has 0 saturated heterocycles. The van der Waals surface area contributed by atoms with E-state index in [1.54, 1.807) is 0 Å². The van der Waals surface area contributed by atoms with Crippen LogP contribution in [0.5, 0.6) is 0 Å². The SMILES string of the molecule is CC(C)C[C@@H](NC(=O)[C@@H](CC(=O)O)Cc1ccccc1)C(N)=O. The van der Waals surface area contributed by atoms with E-state index in [4.69, 9.17) is 10.8 Å². The zero-order valence-electron chi connectivity index (χ0n) is 13.5. The number of rotatable bonds is 9. The van der Waals surface area contributed by atoms with Gasteiger partial charge < -0.3 is 16.2 Å². The molecule has 6 heteroatoms. The maximum Gasteiger partial charge on any atom is 0.304 e. The second kappa shape index (κ2) is 8.92. The molecule has 2 amide bonds. The third kappa shape index (κ3) is 6.95. The Hall–Kier alpha value is -2.37. The lowest BCUT2D eigenvalue weighted by atomic mass is 9.94. The zero-order valence-corrected chi connectivity index (χ0v) is 13.5. The number of benzene rings is 1. The van der Waals surface area contributed by atoms with Gasteiger partial charge in [-0.25, -0.2) is 0 Å². The number of nitrogens with one attached hydrogen (secondary N) is 1. The lowest BCUT2D eigenvalue weighted by Crippen LogP contribution is -2.47. The van der Waals surface area contributed by atoms with Crippen LogP contribution in [0.1, 0.15) is 32.3 Å². The highest BCUT2D eigenvalue weighted by molar-refractivity contribution is 5.89. The van der Waals surface area contributed by atoms with Gasteiger partial charge in [0, 0.05) is 0 Å². The van der Waals surface area contributed by atoms with Gasteiger partial charge in [-0.3, -0.25) is 14.4 Å². The predicted octanol–water partition coefficient (Wildman–Crippen LogP) is 1.34. The second-order valence-electron chi connectivity index (χ2n) is 6.08. The summed E-state index contributed by atoms with van der Waals surface area (Å²) in [6, 6.07) is 8.40. The number of hydrogen-bond acceptors (Lipinski definition) is 3. The van der Waals surface area contributed by atoms with E-state index in [0.717, 1.165) is 5.56 Å². The van der Waals surface area contributed by atoms with E-state index in [-0.39, 0.29) is 12.3 Å². The molecule has 2 atom stereocenters. The number of carboxylic acids is 1. The standard InChI is InChI=1S/C17H24N2O4/c1-11(2)8-14(16(18)22)19-17(23)13(10-15(20)21)9-12-6-4-3-5-7-12/h3-7,11,13-14H,8-10H2,1-2H3,(H2,18,22)(H,19,23)(H,20,21)/t13-,14-/m1/s1. The topological polar surface area (TPSA) is 109 Å². The van der Waals surface area contributed by atoms with Gasteiger partial charge in [0.25, 0.3) is 0 Å². The van der Waals surface area contributed by atoms with Gasteiger partial charge >= 0.3 is 5.97 Å². The van der Waals surface area contributed by atoms with E-state index in [1.807, 2.05) is 44.2 Å². The molecule has 0 aliphatic rings. The molecule has 0 radical (unpaired) electrons. The molecule has 126 valence electrons. The fourth-order valence-corrected chi connectivity index (χ4v) is 2.37. The summed E-state index contributed by atoms with van der Waals surface area (Å²) in [5.41, 5.74) is 6.19. The molecular weight excluding hydrogens is 296 g/mol. The monoisotopic (exact) mass is 320 g/mol. The van der Waals surface area contributed by atoms with Crippen molar-refractivity contribution in [1.82, 2.24) is 5.32 Å². The molecule has 0 aliphatic carbocycles. The van der Waals surface area contributed by atoms with Gasteiger partial charge in [-0.05, 0) is 24.3 Å². The molecule has 0 aliphatic heterocycles. The summed E-state index contributed by atoms with van der Waals surface area (Å²) in [7, 11) is 0. The minimum absolute atomic E-state index is 0.180. The molecular formula is C17H24N2O4. The van der Waals surface area contributed by atoms with Crippen molar-refractivity contribution in [2.45, 2.75) is 39.2 Å². The Kier molecular flexibility index (Phi) is 7.25. The first-order chi connectivity index (χ1) is 10.8. The van der Waals surface area contributed by atoms with Crippen molar-refractivity contribution in [3.63, 3.8) is 0 Å².